The Morgan fingerprint density at radius 3 is 2.81 bits per heavy atom. The maximum Gasteiger partial charge on any atom is 0.309 e. The van der Waals surface area contributed by atoms with Crippen LogP contribution in [-0.2, 0) is 9.53 Å². The quantitative estimate of drug-likeness (QED) is 0.722. The van der Waals surface area contributed by atoms with E-state index in [0.717, 1.165) is 42.5 Å². The first-order valence-corrected chi connectivity index (χ1v) is 11.4. The third-order valence-electron chi connectivity index (χ3n) is 7.63. The lowest BCUT2D eigenvalue weighted by molar-refractivity contribution is -0.144. The number of hydrogen-bond acceptors (Lipinski definition) is 4. The Balaban J connectivity index is 1.40. The largest absolute Gasteiger partial charge is 0.462 e. The lowest BCUT2D eigenvalue weighted by Gasteiger charge is -2.47. The van der Waals surface area contributed by atoms with E-state index >= 15 is 0 Å². The van der Waals surface area contributed by atoms with Crippen LogP contribution < -0.4 is 5.73 Å². The molecule has 0 radical (unpaired) electrons. The third-order valence-corrected chi connectivity index (χ3v) is 7.63. The van der Waals surface area contributed by atoms with Crippen molar-refractivity contribution in [2.75, 3.05) is 0 Å². The zero-order valence-electron chi connectivity index (χ0n) is 17.8. The maximum atomic E-state index is 13.5. The molecule has 0 bridgehead atoms. The van der Waals surface area contributed by atoms with Crippen LogP contribution >= 0.6 is 0 Å². The van der Waals surface area contributed by atoms with Crippen molar-refractivity contribution in [2.24, 2.45) is 35.3 Å². The highest BCUT2D eigenvalue weighted by Crippen LogP contribution is 2.53. The summed E-state index contributed by atoms with van der Waals surface area (Å²) in [7, 11) is 0. The minimum Gasteiger partial charge on any atom is -0.462 e. The fourth-order valence-corrected chi connectivity index (χ4v) is 6.17. The van der Waals surface area contributed by atoms with Crippen molar-refractivity contribution < 1.29 is 13.9 Å². The van der Waals surface area contributed by atoms with Crippen LogP contribution in [0.25, 0.3) is 17.2 Å². The first-order chi connectivity index (χ1) is 15.0. The van der Waals surface area contributed by atoms with Gasteiger partial charge in [-0.05, 0) is 80.2 Å². The van der Waals surface area contributed by atoms with E-state index in [-0.39, 0.29) is 41.7 Å². The molecule has 2 N–H and O–H groups in total. The standard InChI is InChI=1S/C26H29FN2O2/c1-15-25-22(23-13-20(28)7-5-17(23)12-24(25)26(30)31-15)10-9-21-8-6-18(14-29-21)16-3-2-4-19(27)11-16/h2-4,6,8-11,14-15,17,20,22-25H,5,7,12-13,28H2,1H3/t15-,17+,20-,22+,23-,24-,25+/m1/s1. The summed E-state index contributed by atoms with van der Waals surface area (Å²) >= 11 is 0. The molecule has 2 aliphatic carbocycles. The number of nitrogens with two attached hydrogens (primary N) is 1. The van der Waals surface area contributed by atoms with Gasteiger partial charge in [-0.2, -0.15) is 0 Å². The number of nitrogens with zero attached hydrogens (tertiary/aromatic N) is 1. The number of halogens is 1. The van der Waals surface area contributed by atoms with Crippen molar-refractivity contribution >= 4 is 12.0 Å². The first kappa shape index (κ1) is 20.4. The minimum atomic E-state index is -0.254. The van der Waals surface area contributed by atoms with Crippen molar-refractivity contribution in [1.29, 1.82) is 0 Å². The maximum absolute atomic E-state index is 13.5. The molecule has 3 fully saturated rings. The van der Waals surface area contributed by atoms with Crippen LogP contribution in [0.4, 0.5) is 4.39 Å². The Labute approximate surface area is 182 Å². The number of rotatable bonds is 3. The second kappa shape index (κ2) is 8.19. The van der Waals surface area contributed by atoms with Crippen molar-refractivity contribution in [2.45, 2.75) is 44.8 Å². The van der Waals surface area contributed by atoms with E-state index in [9.17, 15) is 9.18 Å². The average molecular weight is 421 g/mol. The average Bonchev–Trinajstić information content (AvgIpc) is 3.05. The number of pyridine rings is 1. The van der Waals surface area contributed by atoms with Crippen molar-refractivity contribution in [1.82, 2.24) is 4.98 Å². The van der Waals surface area contributed by atoms with Gasteiger partial charge in [-0.15, -0.1) is 0 Å². The molecule has 1 aromatic carbocycles. The SMILES string of the molecule is C[C@H]1OC(=O)[C@@H]2C[C@@H]3CC[C@@H](N)C[C@H]3[C@H](C=Cc3ccc(-c4cccc(F)c4)cn3)[C@H]12. The first-order valence-electron chi connectivity index (χ1n) is 11.4. The number of carbonyl (C=O) groups is 1. The summed E-state index contributed by atoms with van der Waals surface area (Å²) in [6.45, 7) is 2.03. The molecule has 31 heavy (non-hydrogen) atoms. The number of aromatic nitrogens is 1. The Kier molecular flexibility index (Phi) is 5.39. The minimum absolute atomic E-state index is 0.00327. The molecule has 0 spiro atoms. The van der Waals surface area contributed by atoms with Crippen LogP contribution in [0, 0.1) is 35.4 Å². The van der Waals surface area contributed by atoms with Gasteiger partial charge in [-0.3, -0.25) is 9.78 Å². The summed E-state index contributed by atoms with van der Waals surface area (Å²) < 4.78 is 19.2. The summed E-state index contributed by atoms with van der Waals surface area (Å²) in [4.78, 5) is 17.0. The van der Waals surface area contributed by atoms with Crippen molar-refractivity contribution in [3.8, 4) is 11.1 Å². The third kappa shape index (κ3) is 3.91. The highest BCUT2D eigenvalue weighted by molar-refractivity contribution is 5.75. The van der Waals surface area contributed by atoms with Gasteiger partial charge in [0, 0.05) is 23.7 Å². The molecule has 2 saturated carbocycles. The van der Waals surface area contributed by atoms with Crippen LogP contribution in [-0.4, -0.2) is 23.1 Å². The number of hydrogen-bond donors (Lipinski definition) is 1. The molecule has 2 aromatic rings. The second-order valence-corrected chi connectivity index (χ2v) is 9.48. The summed E-state index contributed by atoms with van der Waals surface area (Å²) in [6.07, 6.45) is 10.1. The molecule has 162 valence electrons. The number of carbonyl (C=O) groups excluding carboxylic acids is 1. The monoisotopic (exact) mass is 420 g/mol. The molecule has 7 atom stereocenters. The van der Waals surface area contributed by atoms with Crippen LogP contribution in [0.2, 0.25) is 0 Å². The molecule has 2 heterocycles. The number of fused-ring (bicyclic) bond motifs is 2. The smallest absolute Gasteiger partial charge is 0.309 e. The molecule has 1 aliphatic heterocycles. The highest BCUT2D eigenvalue weighted by atomic mass is 19.1. The molecular weight excluding hydrogens is 391 g/mol. The van der Waals surface area contributed by atoms with Gasteiger partial charge in [-0.25, -0.2) is 4.39 Å². The molecule has 1 saturated heterocycles. The van der Waals surface area contributed by atoms with Gasteiger partial charge < -0.3 is 10.5 Å². The Morgan fingerprint density at radius 2 is 2.03 bits per heavy atom. The number of ether oxygens (including phenoxy) is 1. The Morgan fingerprint density at radius 1 is 1.16 bits per heavy atom. The topological polar surface area (TPSA) is 65.2 Å². The van der Waals surface area contributed by atoms with E-state index < -0.39 is 0 Å². The van der Waals surface area contributed by atoms with Gasteiger partial charge in [0.05, 0.1) is 11.6 Å². The van der Waals surface area contributed by atoms with Crippen LogP contribution in [0.5, 0.6) is 0 Å². The van der Waals surface area contributed by atoms with E-state index in [1.54, 1.807) is 12.3 Å². The van der Waals surface area contributed by atoms with Gasteiger partial charge in [0.1, 0.15) is 11.9 Å². The van der Waals surface area contributed by atoms with Crippen molar-refractivity contribution in [3.05, 3.63) is 60.2 Å². The van der Waals surface area contributed by atoms with Crippen LogP contribution in [0.15, 0.2) is 48.7 Å². The van der Waals surface area contributed by atoms with E-state index in [4.69, 9.17) is 10.5 Å². The fourth-order valence-electron chi connectivity index (χ4n) is 6.17. The summed E-state index contributed by atoms with van der Waals surface area (Å²) in [5.74, 6) is 1.23. The Hall–Kier alpha value is -2.53. The number of allylic oxidation sites excluding steroid dienone is 1. The molecule has 5 rings (SSSR count). The number of cyclic esters (lactones) is 1. The predicted octanol–water partition coefficient (Wildman–Crippen LogP) is 4.84. The van der Waals surface area contributed by atoms with Crippen LogP contribution in [0.3, 0.4) is 0 Å². The second-order valence-electron chi connectivity index (χ2n) is 9.48. The number of benzene rings is 1. The normalized spacial score (nSPS) is 34.9. The van der Waals surface area contributed by atoms with E-state index in [0.29, 0.717) is 11.8 Å². The Bertz CT molecular complexity index is 989. The van der Waals surface area contributed by atoms with E-state index in [1.807, 2.05) is 25.1 Å². The zero-order valence-corrected chi connectivity index (χ0v) is 17.8. The summed E-state index contributed by atoms with van der Waals surface area (Å²) in [5, 5.41) is 0. The molecule has 5 heteroatoms. The lowest BCUT2D eigenvalue weighted by atomic mass is 9.57. The van der Waals surface area contributed by atoms with Gasteiger partial charge >= 0.3 is 5.97 Å². The molecular formula is C26H29FN2O2. The zero-order chi connectivity index (χ0) is 21.5. The molecule has 3 aliphatic rings. The molecule has 4 nitrogen and oxygen atoms in total. The molecule has 0 unspecified atom stereocenters. The van der Waals surface area contributed by atoms with Gasteiger partial charge in [0.25, 0.3) is 0 Å². The van der Waals surface area contributed by atoms with Crippen molar-refractivity contribution in [3.63, 3.8) is 0 Å². The highest BCUT2D eigenvalue weighted by Gasteiger charge is 2.54. The van der Waals surface area contributed by atoms with Gasteiger partial charge in [0.15, 0.2) is 0 Å². The number of esters is 1. The molecule has 0 amide bonds. The van der Waals surface area contributed by atoms with E-state index in [2.05, 4.69) is 17.1 Å². The fraction of sp³-hybridized carbons (Fsp3) is 0.462. The van der Waals surface area contributed by atoms with E-state index in [1.165, 1.54) is 12.1 Å². The van der Waals surface area contributed by atoms with Crippen LogP contribution in [0.1, 0.15) is 38.3 Å². The van der Waals surface area contributed by atoms with Gasteiger partial charge in [0.2, 0.25) is 0 Å². The summed E-state index contributed by atoms with van der Waals surface area (Å²) in [6, 6.07) is 10.7. The van der Waals surface area contributed by atoms with Gasteiger partial charge in [-0.1, -0.05) is 24.3 Å². The lowest BCUT2D eigenvalue weighted by Crippen LogP contribution is -2.46. The predicted molar refractivity (Wildman–Crippen MR) is 118 cm³/mol. The molecule has 1 aromatic heterocycles. The summed E-state index contributed by atoms with van der Waals surface area (Å²) in [5.41, 5.74) is 8.89.